The molecule has 0 bridgehead atoms. The second kappa shape index (κ2) is 5.71. The molecule has 1 atom stereocenters. The largest absolute Gasteiger partial charge is 0.468 e. The minimum Gasteiger partial charge on any atom is -0.468 e. The van der Waals surface area contributed by atoms with Crippen LogP contribution in [0.25, 0.3) is 0 Å². The molecule has 1 aromatic rings. The van der Waals surface area contributed by atoms with Crippen molar-refractivity contribution in [3.05, 3.63) is 30.3 Å². The molecule has 104 valence electrons. The third-order valence-corrected chi connectivity index (χ3v) is 5.20. The first-order chi connectivity index (χ1) is 9.07. The summed E-state index contributed by atoms with van der Waals surface area (Å²) in [7, 11) is -2.35. The number of piperidine rings is 1. The van der Waals surface area contributed by atoms with E-state index in [0.717, 1.165) is 12.8 Å². The normalized spacial score (nSPS) is 21.0. The number of methoxy groups -OCH3 is 1. The first kappa shape index (κ1) is 14.0. The van der Waals surface area contributed by atoms with Gasteiger partial charge in [0.05, 0.1) is 12.0 Å². The summed E-state index contributed by atoms with van der Waals surface area (Å²) in [4.78, 5) is 11.9. The highest BCUT2D eigenvalue weighted by Crippen LogP contribution is 2.25. The summed E-state index contributed by atoms with van der Waals surface area (Å²) in [5, 5.41) is 0. The zero-order chi connectivity index (χ0) is 13.9. The maximum atomic E-state index is 12.5. The molecule has 1 aromatic carbocycles. The standard InChI is InChI=1S/C13H17NO4S/c1-18-13(15)12-9-5-6-10-14(12)19(16,17)11-7-3-2-4-8-11/h2-4,7-8,12H,5-6,9-10H2,1H3. The number of hydrogen-bond donors (Lipinski definition) is 0. The minimum atomic E-state index is -3.63. The molecular formula is C13H17NO4S. The Kier molecular flexibility index (Phi) is 4.21. The van der Waals surface area contributed by atoms with E-state index in [9.17, 15) is 13.2 Å². The van der Waals surface area contributed by atoms with Crippen molar-refractivity contribution < 1.29 is 17.9 Å². The predicted octanol–water partition coefficient (Wildman–Crippen LogP) is 1.40. The van der Waals surface area contributed by atoms with Crippen molar-refractivity contribution in [1.82, 2.24) is 4.31 Å². The quantitative estimate of drug-likeness (QED) is 0.787. The molecule has 0 amide bonds. The van der Waals surface area contributed by atoms with E-state index in [-0.39, 0.29) is 4.90 Å². The first-order valence-electron chi connectivity index (χ1n) is 6.22. The maximum Gasteiger partial charge on any atom is 0.324 e. The Hall–Kier alpha value is -1.40. The lowest BCUT2D eigenvalue weighted by atomic mass is 10.1. The van der Waals surface area contributed by atoms with Crippen LogP contribution in [0.1, 0.15) is 19.3 Å². The van der Waals surface area contributed by atoms with Gasteiger partial charge in [0.15, 0.2) is 0 Å². The lowest BCUT2D eigenvalue weighted by Gasteiger charge is -2.32. The molecule has 5 nitrogen and oxygen atoms in total. The average molecular weight is 283 g/mol. The van der Waals surface area contributed by atoms with E-state index in [4.69, 9.17) is 4.74 Å². The third kappa shape index (κ3) is 2.79. The fourth-order valence-electron chi connectivity index (χ4n) is 2.29. The van der Waals surface area contributed by atoms with Crippen molar-refractivity contribution in [2.75, 3.05) is 13.7 Å². The van der Waals surface area contributed by atoms with Crippen LogP contribution in [-0.2, 0) is 19.6 Å². The summed E-state index contributed by atoms with van der Waals surface area (Å²) in [5.41, 5.74) is 0. The van der Waals surface area contributed by atoms with Crippen molar-refractivity contribution in [2.24, 2.45) is 0 Å². The Morgan fingerprint density at radius 1 is 1.26 bits per heavy atom. The van der Waals surface area contributed by atoms with E-state index in [2.05, 4.69) is 0 Å². The van der Waals surface area contributed by atoms with Gasteiger partial charge >= 0.3 is 5.97 Å². The Morgan fingerprint density at radius 3 is 2.58 bits per heavy atom. The zero-order valence-corrected chi connectivity index (χ0v) is 11.6. The number of esters is 1. The van der Waals surface area contributed by atoms with Gasteiger partial charge in [-0.25, -0.2) is 8.42 Å². The molecule has 1 aliphatic heterocycles. The fraction of sp³-hybridized carbons (Fsp3) is 0.462. The van der Waals surface area contributed by atoms with Crippen molar-refractivity contribution in [3.63, 3.8) is 0 Å². The van der Waals surface area contributed by atoms with Crippen molar-refractivity contribution in [3.8, 4) is 0 Å². The van der Waals surface area contributed by atoms with Gasteiger partial charge in [0.2, 0.25) is 10.0 Å². The second-order valence-electron chi connectivity index (χ2n) is 4.46. The van der Waals surface area contributed by atoms with E-state index in [1.54, 1.807) is 18.2 Å². The molecule has 1 heterocycles. The van der Waals surface area contributed by atoms with E-state index in [1.165, 1.54) is 23.5 Å². The number of benzene rings is 1. The molecule has 1 saturated heterocycles. The molecular weight excluding hydrogens is 266 g/mol. The summed E-state index contributed by atoms with van der Waals surface area (Å²) in [6.45, 7) is 0.358. The number of carbonyl (C=O) groups is 1. The van der Waals surface area contributed by atoms with Crippen LogP contribution in [0.2, 0.25) is 0 Å². The molecule has 0 spiro atoms. The molecule has 19 heavy (non-hydrogen) atoms. The van der Waals surface area contributed by atoms with E-state index in [1.807, 2.05) is 0 Å². The van der Waals surface area contributed by atoms with E-state index < -0.39 is 22.0 Å². The van der Waals surface area contributed by atoms with Crippen LogP contribution in [-0.4, -0.2) is 38.4 Å². The number of carbonyl (C=O) groups excluding carboxylic acids is 1. The highest BCUT2D eigenvalue weighted by atomic mass is 32.2. The highest BCUT2D eigenvalue weighted by molar-refractivity contribution is 7.89. The topological polar surface area (TPSA) is 63.7 Å². The van der Waals surface area contributed by atoms with E-state index in [0.29, 0.717) is 13.0 Å². The minimum absolute atomic E-state index is 0.214. The maximum absolute atomic E-state index is 12.5. The Morgan fingerprint density at radius 2 is 1.95 bits per heavy atom. The lowest BCUT2D eigenvalue weighted by Crippen LogP contribution is -2.48. The van der Waals surface area contributed by atoms with Crippen molar-refractivity contribution >= 4 is 16.0 Å². The monoisotopic (exact) mass is 283 g/mol. The highest BCUT2D eigenvalue weighted by Gasteiger charge is 2.38. The summed E-state index contributed by atoms with van der Waals surface area (Å²) in [5.74, 6) is -0.487. The van der Waals surface area contributed by atoms with Crippen LogP contribution in [0.5, 0.6) is 0 Å². The lowest BCUT2D eigenvalue weighted by molar-refractivity contribution is -0.146. The molecule has 2 rings (SSSR count). The third-order valence-electron chi connectivity index (χ3n) is 3.28. The van der Waals surface area contributed by atoms with Gasteiger partial charge in [0, 0.05) is 6.54 Å². The van der Waals surface area contributed by atoms with Crippen LogP contribution in [0.3, 0.4) is 0 Å². The van der Waals surface area contributed by atoms with Crippen LogP contribution < -0.4 is 0 Å². The SMILES string of the molecule is COC(=O)C1CCCCN1S(=O)(=O)c1ccccc1. The summed E-state index contributed by atoms with van der Waals surface area (Å²) in [6.07, 6.45) is 2.11. The number of sulfonamides is 1. The molecule has 6 heteroatoms. The summed E-state index contributed by atoms with van der Waals surface area (Å²) in [6, 6.07) is 7.47. The van der Waals surface area contributed by atoms with Crippen molar-refractivity contribution in [2.45, 2.75) is 30.2 Å². The number of ether oxygens (including phenoxy) is 1. The molecule has 1 unspecified atom stereocenters. The van der Waals surface area contributed by atoms with Gasteiger partial charge in [-0.2, -0.15) is 4.31 Å². The van der Waals surface area contributed by atoms with Gasteiger partial charge in [-0.3, -0.25) is 4.79 Å². The van der Waals surface area contributed by atoms with Gasteiger partial charge in [0.25, 0.3) is 0 Å². The molecule has 1 aliphatic rings. The number of hydrogen-bond acceptors (Lipinski definition) is 4. The Labute approximate surface area is 113 Å². The fourth-order valence-corrected chi connectivity index (χ4v) is 3.96. The number of rotatable bonds is 3. The van der Waals surface area contributed by atoms with E-state index >= 15 is 0 Å². The zero-order valence-electron chi connectivity index (χ0n) is 10.8. The predicted molar refractivity (Wildman–Crippen MR) is 70.0 cm³/mol. The van der Waals surface area contributed by atoms with Crippen LogP contribution in [0.4, 0.5) is 0 Å². The van der Waals surface area contributed by atoms with Gasteiger partial charge in [-0.1, -0.05) is 18.2 Å². The van der Waals surface area contributed by atoms with Crippen LogP contribution in [0.15, 0.2) is 35.2 Å². The van der Waals surface area contributed by atoms with Gasteiger partial charge in [-0.05, 0) is 31.4 Å². The Balaban J connectivity index is 2.35. The van der Waals surface area contributed by atoms with Crippen LogP contribution >= 0.6 is 0 Å². The molecule has 0 aromatic heterocycles. The molecule has 0 radical (unpaired) electrons. The van der Waals surface area contributed by atoms with Crippen LogP contribution in [0, 0.1) is 0 Å². The van der Waals surface area contributed by atoms with Gasteiger partial charge in [0.1, 0.15) is 6.04 Å². The van der Waals surface area contributed by atoms with Gasteiger partial charge in [-0.15, -0.1) is 0 Å². The average Bonchev–Trinajstić information content (AvgIpc) is 2.47. The van der Waals surface area contributed by atoms with Crippen molar-refractivity contribution in [1.29, 1.82) is 0 Å². The molecule has 0 saturated carbocycles. The smallest absolute Gasteiger partial charge is 0.324 e. The summed E-state index contributed by atoms with van der Waals surface area (Å²) < 4.78 is 31.0. The molecule has 1 fully saturated rings. The first-order valence-corrected chi connectivity index (χ1v) is 7.66. The number of nitrogens with zero attached hydrogens (tertiary/aromatic N) is 1. The Bertz CT molecular complexity index is 541. The molecule has 0 N–H and O–H groups in total. The second-order valence-corrected chi connectivity index (χ2v) is 6.35. The molecule has 0 aliphatic carbocycles. The summed E-state index contributed by atoms with van der Waals surface area (Å²) >= 11 is 0. The van der Waals surface area contributed by atoms with Gasteiger partial charge < -0.3 is 4.74 Å².